The van der Waals surface area contributed by atoms with Gasteiger partial charge in [0.05, 0.1) is 13.2 Å². The van der Waals surface area contributed by atoms with E-state index < -0.39 is 35.5 Å². The maximum absolute atomic E-state index is 13.9. The first-order chi connectivity index (χ1) is 19.5. The largest absolute Gasteiger partial charge is 0.493 e. The molecule has 11 nitrogen and oxygen atoms in total. The lowest BCUT2D eigenvalue weighted by atomic mass is 10.1. The van der Waals surface area contributed by atoms with Gasteiger partial charge in [-0.25, -0.2) is 14.0 Å². The second-order valence-corrected chi connectivity index (χ2v) is 10.3. The van der Waals surface area contributed by atoms with Gasteiger partial charge in [0.1, 0.15) is 5.82 Å². The van der Waals surface area contributed by atoms with Crippen LogP contribution < -0.4 is 26.5 Å². The summed E-state index contributed by atoms with van der Waals surface area (Å²) in [6, 6.07) is 5.64. The molecule has 41 heavy (non-hydrogen) atoms. The molecule has 4 heterocycles. The molecule has 3 atom stereocenters. The minimum Gasteiger partial charge on any atom is -0.380 e. The molecule has 0 spiro atoms. The molecule has 0 bridgehead atoms. The van der Waals surface area contributed by atoms with Crippen LogP contribution in [-0.2, 0) is 34.4 Å². The predicted octanol–water partition coefficient (Wildman–Crippen LogP) is 1.19. The second-order valence-electron chi connectivity index (χ2n) is 10.3. The summed E-state index contributed by atoms with van der Waals surface area (Å²) in [5.74, 6) is -2.93. The minimum atomic E-state index is -5.32. The summed E-state index contributed by atoms with van der Waals surface area (Å²) in [6.07, 6.45) is -5.42. The topological polar surface area (TPSA) is 101 Å². The number of halogens is 4. The summed E-state index contributed by atoms with van der Waals surface area (Å²) in [5.41, 5.74) is -0.874. The van der Waals surface area contributed by atoms with Gasteiger partial charge in [-0.15, -0.1) is 5.06 Å². The van der Waals surface area contributed by atoms with E-state index in [0.29, 0.717) is 26.1 Å². The molecule has 1 aromatic carbocycles. The zero-order chi connectivity index (χ0) is 29.5. The summed E-state index contributed by atoms with van der Waals surface area (Å²) >= 11 is 0. The highest BCUT2D eigenvalue weighted by atomic mass is 19.4. The quantitative estimate of drug-likeness (QED) is 0.344. The van der Waals surface area contributed by atoms with E-state index in [4.69, 9.17) is 9.57 Å². The van der Waals surface area contributed by atoms with Gasteiger partial charge in [-0.3, -0.25) is 18.8 Å². The van der Waals surface area contributed by atoms with Crippen molar-refractivity contribution in [3.05, 3.63) is 56.5 Å². The van der Waals surface area contributed by atoms with Crippen LogP contribution in [0.4, 0.5) is 29.1 Å². The van der Waals surface area contributed by atoms with Gasteiger partial charge in [-0.1, -0.05) is 12.1 Å². The first-order valence-electron chi connectivity index (χ1n) is 13.5. The van der Waals surface area contributed by atoms with E-state index in [-0.39, 0.29) is 43.2 Å². The molecular formula is C26H32F4N6O5. The van der Waals surface area contributed by atoms with E-state index in [1.807, 2.05) is 4.90 Å². The van der Waals surface area contributed by atoms with Crippen LogP contribution in [0.25, 0.3) is 0 Å². The number of anilines is 2. The highest BCUT2D eigenvalue weighted by Gasteiger charge is 2.54. The molecule has 0 amide bonds. The molecule has 3 unspecified atom stereocenters. The fourth-order valence-corrected chi connectivity index (χ4v) is 5.94. The average molecular weight is 585 g/mol. The lowest BCUT2D eigenvalue weighted by Crippen LogP contribution is -2.59. The number of carbonyl (C=O) groups is 1. The first-order valence-corrected chi connectivity index (χ1v) is 13.5. The van der Waals surface area contributed by atoms with Crippen LogP contribution in [0.2, 0.25) is 0 Å². The third-order valence-corrected chi connectivity index (χ3v) is 7.90. The van der Waals surface area contributed by atoms with Crippen LogP contribution >= 0.6 is 0 Å². The highest BCUT2D eigenvalue weighted by Crippen LogP contribution is 2.42. The summed E-state index contributed by atoms with van der Waals surface area (Å²) in [7, 11) is 1.32. The lowest BCUT2D eigenvalue weighted by molar-refractivity contribution is -0.203. The molecule has 224 valence electrons. The number of hydrogen-bond donors (Lipinski definition) is 1. The number of hydrogen-bond acceptors (Lipinski definition) is 9. The molecule has 15 heteroatoms. The summed E-state index contributed by atoms with van der Waals surface area (Å²) < 4.78 is 61.3. The Morgan fingerprint density at radius 1 is 1.12 bits per heavy atom. The number of alkyl halides is 3. The van der Waals surface area contributed by atoms with E-state index in [0.717, 1.165) is 32.7 Å². The zero-order valence-corrected chi connectivity index (χ0v) is 22.7. The smallest absolute Gasteiger partial charge is 0.380 e. The molecule has 5 rings (SSSR count). The predicted molar refractivity (Wildman–Crippen MR) is 140 cm³/mol. The lowest BCUT2D eigenvalue weighted by Gasteiger charge is -2.39. The van der Waals surface area contributed by atoms with Crippen molar-refractivity contribution in [2.24, 2.45) is 13.0 Å². The van der Waals surface area contributed by atoms with E-state index in [1.54, 1.807) is 24.0 Å². The first kappa shape index (κ1) is 29.1. The van der Waals surface area contributed by atoms with Crippen molar-refractivity contribution in [3.63, 3.8) is 0 Å². The Morgan fingerprint density at radius 2 is 1.85 bits per heavy atom. The molecule has 0 aliphatic carbocycles. The maximum Gasteiger partial charge on any atom is 0.493 e. The minimum absolute atomic E-state index is 0.0672. The molecule has 0 radical (unpaired) electrons. The Hall–Kier alpha value is -3.43. The Balaban J connectivity index is 1.64. The van der Waals surface area contributed by atoms with E-state index in [9.17, 15) is 31.9 Å². The molecule has 2 aromatic rings. The third-order valence-electron chi connectivity index (χ3n) is 7.90. The number of nitrogens with zero attached hydrogens (tertiary/aromatic N) is 5. The monoisotopic (exact) mass is 584 g/mol. The van der Waals surface area contributed by atoms with Crippen molar-refractivity contribution < 1.29 is 31.9 Å². The number of hydroxylamine groups is 1. The van der Waals surface area contributed by atoms with Gasteiger partial charge in [-0.2, -0.15) is 13.2 Å². The summed E-state index contributed by atoms with van der Waals surface area (Å²) in [6.45, 7) is 3.96. The third kappa shape index (κ3) is 5.45. The molecular weight excluding hydrogens is 552 g/mol. The Bertz CT molecular complexity index is 1390. The van der Waals surface area contributed by atoms with Crippen LogP contribution in [-0.4, -0.2) is 77.9 Å². The number of nitrogens with one attached hydrogen (secondary N) is 1. The molecule has 1 aromatic heterocycles. The number of rotatable bonds is 9. The van der Waals surface area contributed by atoms with E-state index in [1.165, 1.54) is 19.2 Å². The van der Waals surface area contributed by atoms with Gasteiger partial charge in [0.25, 0.3) is 5.56 Å². The van der Waals surface area contributed by atoms with Crippen molar-refractivity contribution in [2.75, 3.05) is 49.4 Å². The van der Waals surface area contributed by atoms with Crippen molar-refractivity contribution >= 4 is 17.5 Å². The number of fused-ring (bicyclic) bond motifs is 2. The standard InChI is InChI=1S/C26H32F4N6O5/c1-3-40-13-12-35-22(37)20-21(32(2)25(35)39)36(41-23(38)26(28,29)30)24(33-11-9-17-14-31-15-19(17)33)34(20)10-8-16-4-6-18(27)7-5-16/h4-7,17,19,24,31H,3,8-15H2,1-2H3. The Kier molecular flexibility index (Phi) is 8.12. The van der Waals surface area contributed by atoms with E-state index >= 15 is 0 Å². The molecule has 0 saturated carbocycles. The average Bonchev–Trinajstić information content (AvgIpc) is 3.62. The fourth-order valence-electron chi connectivity index (χ4n) is 5.94. The molecule has 1 N–H and O–H groups in total. The molecule has 3 aliphatic rings. The van der Waals surface area contributed by atoms with Gasteiger partial charge in [-0.05, 0) is 49.9 Å². The maximum atomic E-state index is 13.9. The highest BCUT2D eigenvalue weighted by molar-refractivity contribution is 5.80. The SMILES string of the molecule is CCOCCn1c(=O)c2c(n(C)c1=O)N(OC(=O)C(F)(F)F)C(N1CCC3CNCC31)N2CCc1ccc(F)cc1. The van der Waals surface area contributed by atoms with Crippen LogP contribution in [0, 0.1) is 11.7 Å². The molecule has 3 aliphatic heterocycles. The van der Waals surface area contributed by atoms with Gasteiger partial charge < -0.3 is 19.8 Å². The van der Waals surface area contributed by atoms with Gasteiger partial charge >= 0.3 is 17.8 Å². The molecule has 2 saturated heterocycles. The number of ether oxygens (including phenoxy) is 1. The van der Waals surface area contributed by atoms with Gasteiger partial charge in [0.15, 0.2) is 17.8 Å². The van der Waals surface area contributed by atoms with Crippen molar-refractivity contribution in [1.82, 2.24) is 19.4 Å². The van der Waals surface area contributed by atoms with Crippen molar-refractivity contribution in [3.8, 4) is 0 Å². The van der Waals surface area contributed by atoms with Crippen LogP contribution in [0.1, 0.15) is 18.9 Å². The molecule has 2 fully saturated rings. The zero-order valence-electron chi connectivity index (χ0n) is 22.7. The van der Waals surface area contributed by atoms with Crippen LogP contribution in [0.15, 0.2) is 33.9 Å². The number of aromatic nitrogens is 2. The van der Waals surface area contributed by atoms with Gasteiger partial charge in [0.2, 0.25) is 0 Å². The second kappa shape index (κ2) is 11.4. The van der Waals surface area contributed by atoms with Gasteiger partial charge in [0, 0.05) is 39.3 Å². The number of benzene rings is 1. The normalized spacial score (nSPS) is 22.3. The number of carbonyl (C=O) groups excluding carboxylic acids is 1. The Labute approximate surface area is 232 Å². The van der Waals surface area contributed by atoms with Crippen LogP contribution in [0.3, 0.4) is 0 Å². The Morgan fingerprint density at radius 3 is 2.54 bits per heavy atom. The van der Waals surface area contributed by atoms with E-state index in [2.05, 4.69) is 5.32 Å². The summed E-state index contributed by atoms with van der Waals surface area (Å²) in [4.78, 5) is 47.9. The summed E-state index contributed by atoms with van der Waals surface area (Å²) in [5, 5.41) is 4.05. The fraction of sp³-hybridized carbons (Fsp3) is 0.577. The van der Waals surface area contributed by atoms with Crippen molar-refractivity contribution in [2.45, 2.75) is 44.8 Å². The van der Waals surface area contributed by atoms with Crippen molar-refractivity contribution in [1.29, 1.82) is 0 Å². The van der Waals surface area contributed by atoms with Crippen LogP contribution in [0.5, 0.6) is 0 Å². The number of likely N-dealkylation sites (tertiary alicyclic amines) is 1.